The summed E-state index contributed by atoms with van der Waals surface area (Å²) in [4.78, 5) is 0. The number of nitrogens with two attached hydrogens (primary N) is 1. The Hall–Kier alpha value is -1.62. The number of unbranched alkanes of at least 4 members (excludes halogenated alkanes) is 2. The van der Waals surface area contributed by atoms with Crippen molar-refractivity contribution in [3.05, 3.63) is 23.2 Å². The molecule has 1 aromatic carbocycles. The summed E-state index contributed by atoms with van der Waals surface area (Å²) in [5.74, 6) is 0.670. The van der Waals surface area contributed by atoms with Crippen LogP contribution in [-0.2, 0) is 6.54 Å². The summed E-state index contributed by atoms with van der Waals surface area (Å²) in [6, 6.07) is 5.49. The molecule has 0 aliphatic rings. The number of nitrogen functional groups attached to an aromatic ring is 1. The van der Waals surface area contributed by atoms with Crippen LogP contribution in [-0.4, -0.2) is 20.2 Å². The molecule has 96 valence electrons. The third kappa shape index (κ3) is 2.61. The average molecular weight is 266 g/mol. The number of halogens is 1. The molecule has 2 aromatic rings. The monoisotopic (exact) mass is 265 g/mol. The lowest BCUT2D eigenvalue weighted by molar-refractivity contribution is 0.541. The number of aromatic nitrogens is 4. The van der Waals surface area contributed by atoms with Crippen LogP contribution in [0.3, 0.4) is 0 Å². The van der Waals surface area contributed by atoms with Crippen LogP contribution in [0.1, 0.15) is 26.2 Å². The summed E-state index contributed by atoms with van der Waals surface area (Å²) < 4.78 is 1.77. The molecule has 0 bridgehead atoms. The zero-order chi connectivity index (χ0) is 13.0. The third-order valence-corrected chi connectivity index (χ3v) is 3.20. The molecule has 0 amide bonds. The molecule has 2 N–H and O–H groups in total. The Morgan fingerprint density at radius 1 is 1.33 bits per heavy atom. The predicted molar refractivity (Wildman–Crippen MR) is 72.2 cm³/mol. The van der Waals surface area contributed by atoms with Gasteiger partial charge < -0.3 is 5.73 Å². The number of rotatable bonds is 5. The largest absolute Gasteiger partial charge is 0.398 e. The van der Waals surface area contributed by atoms with Gasteiger partial charge in [0.2, 0.25) is 0 Å². The lowest BCUT2D eigenvalue weighted by Gasteiger charge is -2.07. The van der Waals surface area contributed by atoms with Gasteiger partial charge in [0.15, 0.2) is 5.82 Å². The summed E-state index contributed by atoms with van der Waals surface area (Å²) >= 11 is 6.18. The Kier molecular flexibility index (Phi) is 4.15. The highest BCUT2D eigenvalue weighted by Gasteiger charge is 2.13. The molecule has 18 heavy (non-hydrogen) atoms. The zero-order valence-corrected chi connectivity index (χ0v) is 11.1. The first-order chi connectivity index (χ1) is 8.74. The van der Waals surface area contributed by atoms with Gasteiger partial charge in [-0.05, 0) is 29.0 Å². The van der Waals surface area contributed by atoms with Crippen LogP contribution in [0.2, 0.25) is 5.02 Å². The predicted octanol–water partition coefficient (Wildman–Crippen LogP) is 2.77. The Morgan fingerprint density at radius 3 is 2.94 bits per heavy atom. The van der Waals surface area contributed by atoms with E-state index in [0.29, 0.717) is 16.5 Å². The van der Waals surface area contributed by atoms with E-state index in [4.69, 9.17) is 17.3 Å². The summed E-state index contributed by atoms with van der Waals surface area (Å²) in [7, 11) is 0. The van der Waals surface area contributed by atoms with Crippen molar-refractivity contribution < 1.29 is 0 Å². The first kappa shape index (κ1) is 12.8. The highest BCUT2D eigenvalue weighted by Crippen LogP contribution is 2.30. The lowest BCUT2D eigenvalue weighted by atomic mass is 10.2. The molecule has 0 fully saturated rings. The SMILES string of the molecule is CCCCCn1nnnc1-c1cccc(N)c1Cl. The van der Waals surface area contributed by atoms with Gasteiger partial charge in [0.25, 0.3) is 0 Å². The van der Waals surface area contributed by atoms with E-state index in [2.05, 4.69) is 22.4 Å². The molecular formula is C12H16ClN5. The molecule has 0 spiro atoms. The lowest BCUT2D eigenvalue weighted by Crippen LogP contribution is -2.03. The van der Waals surface area contributed by atoms with Crippen molar-refractivity contribution in [1.29, 1.82) is 0 Å². The van der Waals surface area contributed by atoms with Crippen LogP contribution >= 0.6 is 11.6 Å². The van der Waals surface area contributed by atoms with Crippen LogP contribution in [0.25, 0.3) is 11.4 Å². The first-order valence-electron chi connectivity index (χ1n) is 6.04. The summed E-state index contributed by atoms with van der Waals surface area (Å²) in [6.07, 6.45) is 3.37. The van der Waals surface area contributed by atoms with E-state index >= 15 is 0 Å². The average Bonchev–Trinajstić information content (AvgIpc) is 2.81. The van der Waals surface area contributed by atoms with Gasteiger partial charge in [-0.25, -0.2) is 4.68 Å². The topological polar surface area (TPSA) is 69.6 Å². The van der Waals surface area contributed by atoms with Gasteiger partial charge in [-0.3, -0.25) is 0 Å². The van der Waals surface area contributed by atoms with Crippen LogP contribution in [0.15, 0.2) is 18.2 Å². The molecule has 0 aliphatic carbocycles. The Balaban J connectivity index is 2.28. The van der Waals surface area contributed by atoms with Crippen molar-refractivity contribution in [3.63, 3.8) is 0 Å². The standard InChI is InChI=1S/C12H16ClN5/c1-2-3-4-8-18-12(15-16-17-18)9-6-5-7-10(14)11(9)13/h5-7H,2-4,8,14H2,1H3. The minimum absolute atomic E-state index is 0.504. The maximum absolute atomic E-state index is 6.18. The quantitative estimate of drug-likeness (QED) is 0.667. The first-order valence-corrected chi connectivity index (χ1v) is 6.42. The summed E-state index contributed by atoms with van der Waals surface area (Å²) in [5.41, 5.74) is 7.10. The molecule has 0 atom stereocenters. The van der Waals surface area contributed by atoms with Gasteiger partial charge >= 0.3 is 0 Å². The summed E-state index contributed by atoms with van der Waals surface area (Å²) in [5, 5.41) is 12.2. The van der Waals surface area contributed by atoms with E-state index < -0.39 is 0 Å². The van der Waals surface area contributed by atoms with Crippen LogP contribution in [0.4, 0.5) is 5.69 Å². The molecule has 5 nitrogen and oxygen atoms in total. The molecule has 1 heterocycles. The minimum atomic E-state index is 0.504. The second-order valence-electron chi connectivity index (χ2n) is 4.14. The van der Waals surface area contributed by atoms with Crippen molar-refractivity contribution in [1.82, 2.24) is 20.2 Å². The molecule has 0 saturated carbocycles. The summed E-state index contributed by atoms with van der Waals surface area (Å²) in [6.45, 7) is 2.95. The highest BCUT2D eigenvalue weighted by atomic mass is 35.5. The molecular weight excluding hydrogens is 250 g/mol. The van der Waals surface area contributed by atoms with Gasteiger partial charge in [-0.1, -0.05) is 37.4 Å². The van der Waals surface area contributed by atoms with Gasteiger partial charge in [-0.2, -0.15) is 0 Å². The number of tetrazole rings is 1. The number of nitrogens with zero attached hydrogens (tertiary/aromatic N) is 4. The fourth-order valence-corrected chi connectivity index (χ4v) is 1.99. The van der Waals surface area contributed by atoms with Crippen molar-refractivity contribution in [2.24, 2.45) is 0 Å². The van der Waals surface area contributed by atoms with E-state index in [1.54, 1.807) is 10.7 Å². The highest BCUT2D eigenvalue weighted by molar-refractivity contribution is 6.35. The third-order valence-electron chi connectivity index (χ3n) is 2.77. The Morgan fingerprint density at radius 2 is 2.17 bits per heavy atom. The van der Waals surface area contributed by atoms with Gasteiger partial charge in [0.1, 0.15) is 0 Å². The van der Waals surface area contributed by atoms with Crippen molar-refractivity contribution in [3.8, 4) is 11.4 Å². The smallest absolute Gasteiger partial charge is 0.183 e. The van der Waals surface area contributed by atoms with Crippen LogP contribution in [0.5, 0.6) is 0 Å². The van der Waals surface area contributed by atoms with Gasteiger partial charge in [-0.15, -0.1) is 5.10 Å². The zero-order valence-electron chi connectivity index (χ0n) is 10.3. The van der Waals surface area contributed by atoms with Crippen molar-refractivity contribution in [2.45, 2.75) is 32.7 Å². The van der Waals surface area contributed by atoms with Crippen molar-refractivity contribution >= 4 is 17.3 Å². The number of aryl methyl sites for hydroxylation is 1. The second kappa shape index (κ2) is 5.82. The molecule has 0 aliphatic heterocycles. The molecule has 0 radical (unpaired) electrons. The molecule has 1 aromatic heterocycles. The Bertz CT molecular complexity index is 523. The molecule has 6 heteroatoms. The second-order valence-corrected chi connectivity index (χ2v) is 4.52. The maximum Gasteiger partial charge on any atom is 0.183 e. The number of hydrogen-bond donors (Lipinski definition) is 1. The Labute approximate surface area is 111 Å². The molecule has 2 rings (SSSR count). The van der Waals surface area contributed by atoms with E-state index in [1.807, 2.05) is 12.1 Å². The van der Waals surface area contributed by atoms with Crippen LogP contribution in [0, 0.1) is 0 Å². The number of benzene rings is 1. The van der Waals surface area contributed by atoms with E-state index in [9.17, 15) is 0 Å². The number of hydrogen-bond acceptors (Lipinski definition) is 4. The van der Waals surface area contributed by atoms with E-state index in [1.165, 1.54) is 0 Å². The van der Waals surface area contributed by atoms with Crippen LogP contribution < -0.4 is 5.73 Å². The fraction of sp³-hybridized carbons (Fsp3) is 0.417. The minimum Gasteiger partial charge on any atom is -0.398 e. The normalized spacial score (nSPS) is 10.8. The van der Waals surface area contributed by atoms with Gasteiger partial charge in [0, 0.05) is 12.1 Å². The fourth-order valence-electron chi connectivity index (χ4n) is 1.78. The van der Waals surface area contributed by atoms with Crippen molar-refractivity contribution in [2.75, 3.05) is 5.73 Å². The van der Waals surface area contributed by atoms with Gasteiger partial charge in [0.05, 0.1) is 10.7 Å². The van der Waals surface area contributed by atoms with E-state index in [0.717, 1.165) is 31.4 Å². The maximum atomic E-state index is 6.18. The van der Waals surface area contributed by atoms with E-state index in [-0.39, 0.29) is 0 Å². The molecule has 0 saturated heterocycles. The molecule has 0 unspecified atom stereocenters. The number of anilines is 1.